The molecule has 0 bridgehead atoms. The average Bonchev–Trinajstić information content (AvgIpc) is 2.47. The molecule has 22 heavy (non-hydrogen) atoms. The summed E-state index contributed by atoms with van der Waals surface area (Å²) in [5.41, 5.74) is 0. The van der Waals surface area contributed by atoms with Crippen molar-refractivity contribution >= 4 is 38.4 Å². The molecule has 0 unspecified atom stereocenters. The molecule has 126 valence electrons. The third kappa shape index (κ3) is 4.48. The van der Waals surface area contributed by atoms with Crippen LogP contribution in [0.15, 0.2) is 21.5 Å². The van der Waals surface area contributed by atoms with Crippen molar-refractivity contribution in [2.75, 3.05) is 27.3 Å². The van der Waals surface area contributed by atoms with Crippen LogP contribution in [-0.2, 0) is 10.0 Å². The van der Waals surface area contributed by atoms with Gasteiger partial charge in [0.2, 0.25) is 10.0 Å². The van der Waals surface area contributed by atoms with E-state index >= 15 is 0 Å². The van der Waals surface area contributed by atoms with E-state index in [1.807, 2.05) is 0 Å². The Morgan fingerprint density at radius 1 is 1.27 bits per heavy atom. The zero-order chi connectivity index (χ0) is 15.5. The van der Waals surface area contributed by atoms with Crippen molar-refractivity contribution in [3.8, 4) is 11.5 Å². The predicted octanol–water partition coefficient (Wildman–Crippen LogP) is 1.92. The molecule has 1 aromatic carbocycles. The van der Waals surface area contributed by atoms with Gasteiger partial charge in [-0.3, -0.25) is 0 Å². The zero-order valence-electron chi connectivity index (χ0n) is 12.4. The zero-order valence-corrected chi connectivity index (χ0v) is 15.6. The van der Waals surface area contributed by atoms with Crippen LogP contribution in [0, 0.1) is 0 Å². The van der Waals surface area contributed by atoms with Crippen molar-refractivity contribution in [3.63, 3.8) is 0 Å². The monoisotopic (exact) mass is 414 g/mol. The number of methoxy groups -OCH3 is 2. The summed E-state index contributed by atoms with van der Waals surface area (Å²) in [5.74, 6) is 0.852. The molecule has 1 aliphatic rings. The van der Waals surface area contributed by atoms with Gasteiger partial charge in [0.05, 0.1) is 14.2 Å². The van der Waals surface area contributed by atoms with Crippen molar-refractivity contribution in [2.24, 2.45) is 0 Å². The van der Waals surface area contributed by atoms with Crippen molar-refractivity contribution in [2.45, 2.75) is 23.8 Å². The van der Waals surface area contributed by atoms with Gasteiger partial charge >= 0.3 is 0 Å². The summed E-state index contributed by atoms with van der Waals surface area (Å²) in [6.07, 6.45) is 1.79. The quantitative estimate of drug-likeness (QED) is 0.768. The first-order valence-corrected chi connectivity index (χ1v) is 8.90. The molecule has 6 nitrogen and oxygen atoms in total. The van der Waals surface area contributed by atoms with Gasteiger partial charge in [-0.05, 0) is 41.4 Å². The maximum atomic E-state index is 12.5. The van der Waals surface area contributed by atoms with Crippen LogP contribution < -0.4 is 19.5 Å². The summed E-state index contributed by atoms with van der Waals surface area (Å²) in [6, 6.07) is 2.96. The molecule has 0 radical (unpaired) electrons. The van der Waals surface area contributed by atoms with Gasteiger partial charge in [0, 0.05) is 23.1 Å². The first kappa shape index (κ1) is 19.5. The molecule has 2 rings (SSSR count). The largest absolute Gasteiger partial charge is 0.493 e. The Bertz CT molecular complexity index is 606. The second-order valence-corrected chi connectivity index (χ2v) is 7.34. The third-order valence-corrected chi connectivity index (χ3v) is 5.83. The lowest BCUT2D eigenvalue weighted by Crippen LogP contribution is -2.45. The SMILES string of the molecule is COc1cc(Br)c(S(=O)(=O)N[C@@H]2CCCNC2)cc1OC.Cl. The van der Waals surface area contributed by atoms with Gasteiger partial charge in [-0.25, -0.2) is 13.1 Å². The molecule has 1 saturated heterocycles. The lowest BCUT2D eigenvalue weighted by Gasteiger charge is -2.24. The number of sulfonamides is 1. The normalized spacial score (nSPS) is 18.4. The van der Waals surface area contributed by atoms with Crippen molar-refractivity contribution in [1.29, 1.82) is 0 Å². The molecular weight excluding hydrogens is 396 g/mol. The smallest absolute Gasteiger partial charge is 0.242 e. The second kappa shape index (κ2) is 8.35. The Labute approximate surface area is 145 Å². The first-order valence-electron chi connectivity index (χ1n) is 6.62. The molecule has 0 amide bonds. The van der Waals surface area contributed by atoms with E-state index in [1.54, 1.807) is 6.07 Å². The van der Waals surface area contributed by atoms with Gasteiger partial charge in [0.1, 0.15) is 4.90 Å². The molecule has 0 saturated carbocycles. The van der Waals surface area contributed by atoms with E-state index in [-0.39, 0.29) is 23.3 Å². The highest BCUT2D eigenvalue weighted by molar-refractivity contribution is 9.10. The Kier molecular flexibility index (Phi) is 7.40. The summed E-state index contributed by atoms with van der Waals surface area (Å²) in [4.78, 5) is 0.144. The minimum absolute atomic E-state index is 0. The van der Waals surface area contributed by atoms with Crippen LogP contribution in [0.2, 0.25) is 0 Å². The number of ether oxygens (including phenoxy) is 2. The Hall–Kier alpha value is -0.540. The van der Waals surface area contributed by atoms with Crippen molar-refractivity contribution in [1.82, 2.24) is 10.0 Å². The number of piperidine rings is 1. The van der Waals surface area contributed by atoms with Crippen LogP contribution in [0.3, 0.4) is 0 Å². The number of benzene rings is 1. The Morgan fingerprint density at radius 3 is 2.45 bits per heavy atom. The fraction of sp³-hybridized carbons (Fsp3) is 0.538. The van der Waals surface area contributed by atoms with E-state index in [0.29, 0.717) is 22.5 Å². The average molecular weight is 416 g/mol. The van der Waals surface area contributed by atoms with Gasteiger partial charge in [-0.15, -0.1) is 12.4 Å². The van der Waals surface area contributed by atoms with E-state index in [1.165, 1.54) is 20.3 Å². The minimum Gasteiger partial charge on any atom is -0.493 e. The minimum atomic E-state index is -3.62. The number of halogens is 2. The van der Waals surface area contributed by atoms with Crippen molar-refractivity contribution < 1.29 is 17.9 Å². The lowest BCUT2D eigenvalue weighted by molar-refractivity contribution is 0.353. The molecule has 0 aromatic heterocycles. The molecule has 0 spiro atoms. The van der Waals surface area contributed by atoms with Crippen LogP contribution >= 0.6 is 28.3 Å². The standard InChI is InChI=1S/C13H19BrN2O4S.ClH/c1-19-11-6-10(14)13(7-12(11)20-2)21(17,18)16-9-4-3-5-15-8-9;/h6-7,9,15-16H,3-5,8H2,1-2H3;1H/t9-;/m1./s1. The van der Waals surface area contributed by atoms with Crippen LogP contribution in [0.5, 0.6) is 11.5 Å². The molecule has 0 aliphatic carbocycles. The summed E-state index contributed by atoms with van der Waals surface area (Å²) in [7, 11) is -0.643. The summed E-state index contributed by atoms with van der Waals surface area (Å²) in [6.45, 7) is 1.57. The van der Waals surface area contributed by atoms with Gasteiger partial charge in [0.25, 0.3) is 0 Å². The van der Waals surface area contributed by atoms with Gasteiger partial charge in [-0.2, -0.15) is 0 Å². The van der Waals surface area contributed by atoms with E-state index in [2.05, 4.69) is 26.0 Å². The number of hydrogen-bond donors (Lipinski definition) is 2. The number of hydrogen-bond acceptors (Lipinski definition) is 5. The van der Waals surface area contributed by atoms with E-state index in [4.69, 9.17) is 9.47 Å². The highest BCUT2D eigenvalue weighted by Gasteiger charge is 2.25. The highest BCUT2D eigenvalue weighted by atomic mass is 79.9. The Morgan fingerprint density at radius 2 is 1.91 bits per heavy atom. The van der Waals surface area contributed by atoms with Crippen LogP contribution in [0.1, 0.15) is 12.8 Å². The van der Waals surface area contributed by atoms with E-state index in [9.17, 15) is 8.42 Å². The lowest BCUT2D eigenvalue weighted by atomic mass is 10.1. The number of nitrogens with one attached hydrogen (secondary N) is 2. The molecule has 1 atom stereocenters. The van der Waals surface area contributed by atoms with Crippen LogP contribution in [-0.4, -0.2) is 41.8 Å². The van der Waals surface area contributed by atoms with E-state index in [0.717, 1.165) is 19.4 Å². The van der Waals surface area contributed by atoms with Crippen molar-refractivity contribution in [3.05, 3.63) is 16.6 Å². The topological polar surface area (TPSA) is 76.7 Å². The van der Waals surface area contributed by atoms with Gasteiger partial charge in [0.15, 0.2) is 11.5 Å². The number of rotatable bonds is 5. The molecule has 1 aromatic rings. The molecule has 1 aliphatic heterocycles. The molecule has 1 fully saturated rings. The second-order valence-electron chi connectivity index (χ2n) is 4.80. The maximum Gasteiger partial charge on any atom is 0.242 e. The van der Waals surface area contributed by atoms with Gasteiger partial charge < -0.3 is 14.8 Å². The predicted molar refractivity (Wildman–Crippen MR) is 90.7 cm³/mol. The summed E-state index contributed by atoms with van der Waals surface area (Å²) in [5, 5.41) is 3.18. The van der Waals surface area contributed by atoms with Crippen LogP contribution in [0.4, 0.5) is 0 Å². The Balaban J connectivity index is 0.00000242. The highest BCUT2D eigenvalue weighted by Crippen LogP contribution is 2.35. The molecular formula is C13H20BrClN2O4S. The van der Waals surface area contributed by atoms with Gasteiger partial charge in [-0.1, -0.05) is 0 Å². The van der Waals surface area contributed by atoms with Crippen LogP contribution in [0.25, 0.3) is 0 Å². The summed E-state index contributed by atoms with van der Waals surface area (Å²) >= 11 is 3.28. The molecule has 1 heterocycles. The van der Waals surface area contributed by atoms with E-state index < -0.39 is 10.0 Å². The molecule has 2 N–H and O–H groups in total. The molecule has 9 heteroatoms. The maximum absolute atomic E-state index is 12.5. The fourth-order valence-corrected chi connectivity index (χ4v) is 4.58. The first-order chi connectivity index (χ1) is 9.97. The fourth-order valence-electron chi connectivity index (χ4n) is 2.28. The third-order valence-electron chi connectivity index (χ3n) is 3.35. The summed E-state index contributed by atoms with van der Waals surface area (Å²) < 4.78 is 38.5.